The van der Waals surface area contributed by atoms with E-state index in [2.05, 4.69) is 0 Å². The Morgan fingerprint density at radius 3 is 2.44 bits per heavy atom. The molecule has 0 saturated carbocycles. The van der Waals surface area contributed by atoms with Gasteiger partial charge in [-0.05, 0) is 49.2 Å². The summed E-state index contributed by atoms with van der Waals surface area (Å²) in [5, 5.41) is 0.450. The van der Waals surface area contributed by atoms with Gasteiger partial charge in [0.25, 0.3) is 0 Å². The summed E-state index contributed by atoms with van der Waals surface area (Å²) < 4.78 is 13.0. The van der Waals surface area contributed by atoms with Gasteiger partial charge in [0.2, 0.25) is 0 Å². The van der Waals surface area contributed by atoms with E-state index in [1.807, 2.05) is 13.0 Å². The maximum absolute atomic E-state index is 13.0. The molecule has 0 aliphatic carbocycles. The monoisotopic (exact) mass is 262 g/mol. The first-order valence-corrected chi connectivity index (χ1v) is 5.94. The molecule has 2 rings (SSSR count). The number of carbonyl (C=O) groups is 1. The third-order valence-corrected chi connectivity index (χ3v) is 3.37. The van der Waals surface area contributed by atoms with Crippen LogP contribution in [0.25, 0.3) is 0 Å². The molecule has 0 saturated heterocycles. The number of hydrogen-bond acceptors (Lipinski definition) is 1. The van der Waals surface area contributed by atoms with Gasteiger partial charge in [0.15, 0.2) is 5.78 Å². The molecule has 0 aliphatic heterocycles. The van der Waals surface area contributed by atoms with Gasteiger partial charge in [0.05, 0.1) is 5.02 Å². The lowest BCUT2D eigenvalue weighted by molar-refractivity contribution is 0.103. The summed E-state index contributed by atoms with van der Waals surface area (Å²) >= 11 is 6.13. The molecule has 0 bridgehead atoms. The van der Waals surface area contributed by atoms with Gasteiger partial charge in [-0.2, -0.15) is 0 Å². The molecule has 0 radical (unpaired) electrons. The van der Waals surface area contributed by atoms with Crippen molar-refractivity contribution >= 4 is 17.4 Å². The molecule has 0 heterocycles. The smallest absolute Gasteiger partial charge is 0.194 e. The summed E-state index contributed by atoms with van der Waals surface area (Å²) in [4.78, 5) is 12.3. The quantitative estimate of drug-likeness (QED) is 0.737. The normalized spacial score (nSPS) is 10.4. The zero-order valence-corrected chi connectivity index (χ0v) is 10.9. The summed E-state index contributed by atoms with van der Waals surface area (Å²) in [5.74, 6) is -0.527. The Morgan fingerprint density at radius 1 is 1.06 bits per heavy atom. The molecule has 3 heteroatoms. The van der Waals surface area contributed by atoms with E-state index in [9.17, 15) is 9.18 Å². The van der Waals surface area contributed by atoms with Crippen molar-refractivity contribution < 1.29 is 9.18 Å². The number of ketones is 1. The fourth-order valence-corrected chi connectivity index (χ4v) is 2.06. The van der Waals surface area contributed by atoms with E-state index in [0.717, 1.165) is 5.56 Å². The summed E-state index contributed by atoms with van der Waals surface area (Å²) in [7, 11) is 0. The zero-order valence-electron chi connectivity index (χ0n) is 10.1. The van der Waals surface area contributed by atoms with Crippen LogP contribution in [0.1, 0.15) is 27.0 Å². The molecule has 2 aromatic carbocycles. The molecule has 0 unspecified atom stereocenters. The topological polar surface area (TPSA) is 17.1 Å². The average molecular weight is 263 g/mol. The highest BCUT2D eigenvalue weighted by atomic mass is 35.5. The third-order valence-electron chi connectivity index (χ3n) is 2.87. The fourth-order valence-electron chi connectivity index (χ4n) is 1.85. The van der Waals surface area contributed by atoms with Crippen molar-refractivity contribution in [2.24, 2.45) is 0 Å². The molecule has 0 amide bonds. The molecule has 0 N–H and O–H groups in total. The van der Waals surface area contributed by atoms with Gasteiger partial charge in [0, 0.05) is 11.1 Å². The predicted octanol–water partition coefficient (Wildman–Crippen LogP) is 4.33. The maximum Gasteiger partial charge on any atom is 0.194 e. The van der Waals surface area contributed by atoms with Crippen molar-refractivity contribution in [1.29, 1.82) is 0 Å². The van der Waals surface area contributed by atoms with Crippen LogP contribution in [-0.2, 0) is 0 Å². The maximum atomic E-state index is 13.0. The molecular formula is C15H12ClFO. The lowest BCUT2D eigenvalue weighted by atomic mass is 9.98. The van der Waals surface area contributed by atoms with Crippen LogP contribution in [-0.4, -0.2) is 5.78 Å². The molecule has 18 heavy (non-hydrogen) atoms. The minimum atomic E-state index is -0.348. The highest BCUT2D eigenvalue weighted by Gasteiger charge is 2.16. The van der Waals surface area contributed by atoms with Gasteiger partial charge < -0.3 is 0 Å². The fraction of sp³-hybridized carbons (Fsp3) is 0.133. The molecule has 1 nitrogen and oxygen atoms in total. The minimum Gasteiger partial charge on any atom is -0.289 e. The number of carbonyl (C=O) groups excluding carboxylic acids is 1. The van der Waals surface area contributed by atoms with Gasteiger partial charge >= 0.3 is 0 Å². The van der Waals surface area contributed by atoms with Crippen LogP contribution in [0.4, 0.5) is 4.39 Å². The molecule has 0 atom stereocenters. The van der Waals surface area contributed by atoms with E-state index in [-0.39, 0.29) is 11.6 Å². The zero-order chi connectivity index (χ0) is 13.3. The van der Waals surface area contributed by atoms with E-state index in [4.69, 9.17) is 11.6 Å². The van der Waals surface area contributed by atoms with E-state index in [1.54, 1.807) is 19.1 Å². The summed E-state index contributed by atoms with van der Waals surface area (Å²) in [6, 6.07) is 9.43. The van der Waals surface area contributed by atoms with Gasteiger partial charge in [-0.15, -0.1) is 0 Å². The van der Waals surface area contributed by atoms with Gasteiger partial charge in [-0.1, -0.05) is 23.7 Å². The van der Waals surface area contributed by atoms with E-state index in [1.165, 1.54) is 18.2 Å². The number of halogens is 2. The molecule has 92 valence electrons. The van der Waals surface area contributed by atoms with Crippen molar-refractivity contribution in [3.05, 3.63) is 69.5 Å². The van der Waals surface area contributed by atoms with Crippen LogP contribution in [0.2, 0.25) is 5.02 Å². The van der Waals surface area contributed by atoms with Crippen LogP contribution in [0.15, 0.2) is 36.4 Å². The molecule has 0 spiro atoms. The molecule has 0 fully saturated rings. The Bertz CT molecular complexity index is 620. The summed E-state index contributed by atoms with van der Waals surface area (Å²) in [5.41, 5.74) is 2.38. The Labute approximate surface area is 110 Å². The molecule has 0 aliphatic rings. The first-order valence-electron chi connectivity index (χ1n) is 5.56. The number of aryl methyl sites for hydroxylation is 2. The Balaban J connectivity index is 2.51. The van der Waals surface area contributed by atoms with Gasteiger partial charge in [-0.3, -0.25) is 4.79 Å². The van der Waals surface area contributed by atoms with Crippen molar-refractivity contribution in [2.45, 2.75) is 13.8 Å². The predicted molar refractivity (Wildman–Crippen MR) is 70.8 cm³/mol. The SMILES string of the molecule is Cc1cc(F)ccc1C(=O)c1cccc(C)c1Cl. The first kappa shape index (κ1) is 12.8. The average Bonchev–Trinajstić information content (AvgIpc) is 2.32. The number of hydrogen-bond donors (Lipinski definition) is 0. The van der Waals surface area contributed by atoms with Crippen molar-refractivity contribution in [3.63, 3.8) is 0 Å². The second-order valence-corrected chi connectivity index (χ2v) is 4.60. The lowest BCUT2D eigenvalue weighted by Gasteiger charge is -2.08. The van der Waals surface area contributed by atoms with E-state index < -0.39 is 0 Å². The van der Waals surface area contributed by atoms with E-state index in [0.29, 0.717) is 21.7 Å². The lowest BCUT2D eigenvalue weighted by Crippen LogP contribution is -2.05. The third kappa shape index (κ3) is 2.29. The van der Waals surface area contributed by atoms with Gasteiger partial charge in [-0.25, -0.2) is 4.39 Å². The van der Waals surface area contributed by atoms with Crippen molar-refractivity contribution in [1.82, 2.24) is 0 Å². The largest absolute Gasteiger partial charge is 0.289 e. The van der Waals surface area contributed by atoms with Gasteiger partial charge in [0.1, 0.15) is 5.82 Å². The second-order valence-electron chi connectivity index (χ2n) is 4.22. The molecule has 2 aromatic rings. The van der Waals surface area contributed by atoms with E-state index >= 15 is 0 Å². The minimum absolute atomic E-state index is 0.179. The van der Waals surface area contributed by atoms with Crippen LogP contribution in [0, 0.1) is 19.7 Å². The van der Waals surface area contributed by atoms with Crippen LogP contribution in [0.5, 0.6) is 0 Å². The number of rotatable bonds is 2. The van der Waals surface area contributed by atoms with Crippen molar-refractivity contribution in [2.75, 3.05) is 0 Å². The van der Waals surface area contributed by atoms with Crippen molar-refractivity contribution in [3.8, 4) is 0 Å². The van der Waals surface area contributed by atoms with Crippen LogP contribution >= 0.6 is 11.6 Å². The van der Waals surface area contributed by atoms with Crippen LogP contribution in [0.3, 0.4) is 0 Å². The Morgan fingerprint density at radius 2 is 1.78 bits per heavy atom. The highest BCUT2D eigenvalue weighted by Crippen LogP contribution is 2.24. The highest BCUT2D eigenvalue weighted by molar-refractivity contribution is 6.35. The molecular weight excluding hydrogens is 251 g/mol. The Kier molecular flexibility index (Phi) is 3.48. The number of benzene rings is 2. The summed E-state index contributed by atoms with van der Waals surface area (Å²) in [6.07, 6.45) is 0. The second kappa shape index (κ2) is 4.91. The molecule has 0 aromatic heterocycles. The standard InChI is InChI=1S/C15H12ClFO/c1-9-4-3-5-13(14(9)16)15(18)12-7-6-11(17)8-10(12)2/h3-8H,1-2H3. The first-order chi connectivity index (χ1) is 8.50. The summed E-state index contributed by atoms with van der Waals surface area (Å²) in [6.45, 7) is 3.55. The van der Waals surface area contributed by atoms with Crippen LogP contribution < -0.4 is 0 Å². The Hall–Kier alpha value is -1.67.